The Kier molecular flexibility index (Phi) is 6.44. The first-order chi connectivity index (χ1) is 8.61. The quantitative estimate of drug-likeness (QED) is 0.754. The fraction of sp³-hybridized carbons (Fsp3) is 0.533. The molecule has 18 heavy (non-hydrogen) atoms. The van der Waals surface area contributed by atoms with Gasteiger partial charge in [0.05, 0.1) is 0 Å². The maximum Gasteiger partial charge on any atom is 0.306 e. The van der Waals surface area contributed by atoms with E-state index in [1.165, 1.54) is 11.1 Å². The largest absolute Gasteiger partial charge is 0.464 e. The van der Waals surface area contributed by atoms with Crippen molar-refractivity contribution >= 4 is 5.97 Å². The van der Waals surface area contributed by atoms with Crippen molar-refractivity contribution in [1.82, 2.24) is 0 Å². The summed E-state index contributed by atoms with van der Waals surface area (Å²) >= 11 is 0. The SMILES string of the molecule is CC(C)Cc1ccc(CCC(=O)OCCN)cc1. The highest BCUT2D eigenvalue weighted by molar-refractivity contribution is 5.69. The zero-order chi connectivity index (χ0) is 13.4. The van der Waals surface area contributed by atoms with Crippen molar-refractivity contribution in [2.75, 3.05) is 13.2 Å². The molecule has 2 N–H and O–H groups in total. The number of carbonyl (C=O) groups excluding carboxylic acids is 1. The highest BCUT2D eigenvalue weighted by Gasteiger charge is 2.03. The Morgan fingerprint density at radius 3 is 2.39 bits per heavy atom. The molecule has 0 heterocycles. The molecule has 0 saturated carbocycles. The summed E-state index contributed by atoms with van der Waals surface area (Å²) in [7, 11) is 0. The van der Waals surface area contributed by atoms with E-state index in [9.17, 15) is 4.79 Å². The van der Waals surface area contributed by atoms with E-state index in [0.29, 0.717) is 25.5 Å². The van der Waals surface area contributed by atoms with Gasteiger partial charge in [0, 0.05) is 13.0 Å². The third-order valence-electron chi connectivity index (χ3n) is 2.67. The summed E-state index contributed by atoms with van der Waals surface area (Å²) in [6, 6.07) is 8.46. The van der Waals surface area contributed by atoms with Crippen LogP contribution in [0.5, 0.6) is 0 Å². The van der Waals surface area contributed by atoms with Gasteiger partial charge in [0.1, 0.15) is 6.61 Å². The fourth-order valence-electron chi connectivity index (χ4n) is 1.80. The second-order valence-electron chi connectivity index (χ2n) is 4.92. The molecule has 0 aliphatic rings. The van der Waals surface area contributed by atoms with Gasteiger partial charge in [-0.25, -0.2) is 0 Å². The molecule has 0 spiro atoms. The zero-order valence-electron chi connectivity index (χ0n) is 11.3. The number of hydrogen-bond donors (Lipinski definition) is 1. The third-order valence-corrected chi connectivity index (χ3v) is 2.67. The minimum Gasteiger partial charge on any atom is -0.464 e. The van der Waals surface area contributed by atoms with Crippen molar-refractivity contribution in [2.45, 2.75) is 33.1 Å². The number of benzene rings is 1. The van der Waals surface area contributed by atoms with E-state index in [0.717, 1.165) is 12.8 Å². The Hall–Kier alpha value is -1.35. The summed E-state index contributed by atoms with van der Waals surface area (Å²) in [5.74, 6) is 0.494. The van der Waals surface area contributed by atoms with Gasteiger partial charge in [0.2, 0.25) is 0 Å². The first-order valence-electron chi connectivity index (χ1n) is 6.55. The minimum absolute atomic E-state index is 0.174. The zero-order valence-corrected chi connectivity index (χ0v) is 11.3. The molecular formula is C15H23NO2. The fourth-order valence-corrected chi connectivity index (χ4v) is 1.80. The van der Waals surface area contributed by atoms with Gasteiger partial charge in [-0.1, -0.05) is 38.1 Å². The van der Waals surface area contributed by atoms with Crippen LogP contribution >= 0.6 is 0 Å². The monoisotopic (exact) mass is 249 g/mol. The Morgan fingerprint density at radius 2 is 1.83 bits per heavy atom. The number of carbonyl (C=O) groups is 1. The second kappa shape index (κ2) is 7.88. The van der Waals surface area contributed by atoms with Gasteiger partial charge < -0.3 is 10.5 Å². The number of hydrogen-bond acceptors (Lipinski definition) is 3. The number of rotatable bonds is 7. The van der Waals surface area contributed by atoms with E-state index >= 15 is 0 Å². The first kappa shape index (κ1) is 14.7. The van der Waals surface area contributed by atoms with Crippen molar-refractivity contribution in [3.63, 3.8) is 0 Å². The number of ether oxygens (including phenoxy) is 1. The van der Waals surface area contributed by atoms with Crippen LogP contribution in [0.2, 0.25) is 0 Å². The second-order valence-corrected chi connectivity index (χ2v) is 4.92. The van der Waals surface area contributed by atoms with Crippen molar-refractivity contribution in [3.05, 3.63) is 35.4 Å². The molecule has 1 aromatic carbocycles. The molecule has 0 unspecified atom stereocenters. The molecular weight excluding hydrogens is 226 g/mol. The van der Waals surface area contributed by atoms with E-state index in [1.807, 2.05) is 0 Å². The van der Waals surface area contributed by atoms with Gasteiger partial charge in [-0.3, -0.25) is 4.79 Å². The van der Waals surface area contributed by atoms with E-state index in [-0.39, 0.29) is 5.97 Å². The lowest BCUT2D eigenvalue weighted by Gasteiger charge is -2.06. The van der Waals surface area contributed by atoms with Crippen LogP contribution in [-0.2, 0) is 22.4 Å². The van der Waals surface area contributed by atoms with Crippen molar-refractivity contribution < 1.29 is 9.53 Å². The van der Waals surface area contributed by atoms with Crippen LogP contribution in [-0.4, -0.2) is 19.1 Å². The van der Waals surface area contributed by atoms with Crippen LogP contribution in [0, 0.1) is 5.92 Å². The molecule has 0 aliphatic heterocycles. The van der Waals surface area contributed by atoms with Crippen LogP contribution in [0.1, 0.15) is 31.4 Å². The molecule has 0 saturated heterocycles. The van der Waals surface area contributed by atoms with E-state index in [2.05, 4.69) is 38.1 Å². The summed E-state index contributed by atoms with van der Waals surface area (Å²) in [5, 5.41) is 0. The molecule has 0 atom stereocenters. The summed E-state index contributed by atoms with van der Waals surface area (Å²) < 4.78 is 4.93. The lowest BCUT2D eigenvalue weighted by molar-refractivity contribution is -0.143. The Bertz CT molecular complexity index is 357. The molecule has 3 heteroatoms. The Labute approximate surface area is 109 Å². The van der Waals surface area contributed by atoms with Gasteiger partial charge in [0.15, 0.2) is 0 Å². The minimum atomic E-state index is -0.174. The third kappa shape index (κ3) is 5.82. The topological polar surface area (TPSA) is 52.3 Å². The summed E-state index contributed by atoms with van der Waals surface area (Å²) in [5.41, 5.74) is 7.78. The Morgan fingerprint density at radius 1 is 1.22 bits per heavy atom. The number of nitrogens with two attached hydrogens (primary N) is 1. The summed E-state index contributed by atoms with van der Waals surface area (Å²) in [6.07, 6.45) is 2.24. The van der Waals surface area contributed by atoms with Crippen molar-refractivity contribution in [1.29, 1.82) is 0 Å². The van der Waals surface area contributed by atoms with Crippen LogP contribution in [0.25, 0.3) is 0 Å². The smallest absolute Gasteiger partial charge is 0.306 e. The number of aryl methyl sites for hydroxylation is 1. The van der Waals surface area contributed by atoms with Crippen LogP contribution in [0.3, 0.4) is 0 Å². The molecule has 100 valence electrons. The molecule has 0 radical (unpaired) electrons. The average molecular weight is 249 g/mol. The normalized spacial score (nSPS) is 10.7. The molecule has 1 rings (SSSR count). The van der Waals surface area contributed by atoms with E-state index in [1.54, 1.807) is 0 Å². The first-order valence-corrected chi connectivity index (χ1v) is 6.55. The molecule has 0 amide bonds. The van der Waals surface area contributed by atoms with Gasteiger partial charge in [0.25, 0.3) is 0 Å². The summed E-state index contributed by atoms with van der Waals surface area (Å²) in [6.45, 7) is 5.12. The Balaban J connectivity index is 2.37. The van der Waals surface area contributed by atoms with Crippen molar-refractivity contribution in [2.24, 2.45) is 11.7 Å². The van der Waals surface area contributed by atoms with E-state index in [4.69, 9.17) is 10.5 Å². The van der Waals surface area contributed by atoms with Crippen LogP contribution in [0.15, 0.2) is 24.3 Å². The van der Waals surface area contributed by atoms with Gasteiger partial charge >= 0.3 is 5.97 Å². The van der Waals surface area contributed by atoms with Gasteiger partial charge in [-0.15, -0.1) is 0 Å². The predicted octanol–water partition coefficient (Wildman–Crippen LogP) is 2.32. The molecule has 0 aliphatic carbocycles. The highest BCUT2D eigenvalue weighted by Crippen LogP contribution is 2.11. The molecule has 0 fully saturated rings. The lowest BCUT2D eigenvalue weighted by atomic mass is 10.0. The van der Waals surface area contributed by atoms with Gasteiger partial charge in [-0.05, 0) is 29.9 Å². The number of esters is 1. The standard InChI is InChI=1S/C15H23NO2/c1-12(2)11-14-5-3-13(4-6-14)7-8-15(17)18-10-9-16/h3-6,12H,7-11,16H2,1-2H3. The lowest BCUT2D eigenvalue weighted by Crippen LogP contribution is -2.13. The maximum absolute atomic E-state index is 11.3. The molecule has 0 aromatic heterocycles. The maximum atomic E-state index is 11.3. The van der Waals surface area contributed by atoms with E-state index < -0.39 is 0 Å². The van der Waals surface area contributed by atoms with Crippen LogP contribution in [0.4, 0.5) is 0 Å². The highest BCUT2D eigenvalue weighted by atomic mass is 16.5. The van der Waals surface area contributed by atoms with Crippen molar-refractivity contribution in [3.8, 4) is 0 Å². The summed E-state index contributed by atoms with van der Waals surface area (Å²) in [4.78, 5) is 11.3. The molecule has 3 nitrogen and oxygen atoms in total. The van der Waals surface area contributed by atoms with Gasteiger partial charge in [-0.2, -0.15) is 0 Å². The molecule has 1 aromatic rings. The van der Waals surface area contributed by atoms with Crippen LogP contribution < -0.4 is 5.73 Å². The molecule has 0 bridgehead atoms. The predicted molar refractivity (Wildman–Crippen MR) is 73.3 cm³/mol. The average Bonchev–Trinajstić information content (AvgIpc) is 2.35.